The van der Waals surface area contributed by atoms with Crippen LogP contribution in [0.25, 0.3) is 16.5 Å². The number of hydrogen-bond acceptors (Lipinski definition) is 3. The Bertz CT molecular complexity index is 489. The minimum Gasteiger partial charge on any atom is -0.465 e. The van der Waals surface area contributed by atoms with Crippen molar-refractivity contribution in [3.63, 3.8) is 0 Å². The van der Waals surface area contributed by atoms with E-state index in [9.17, 15) is 4.79 Å². The number of ether oxygens (including phenoxy) is 1. The lowest BCUT2D eigenvalue weighted by Gasteiger charge is -1.97. The van der Waals surface area contributed by atoms with Crippen LogP contribution >= 0.6 is 0 Å². The molecule has 1 aromatic heterocycles. The topological polar surface area (TPSA) is 39.4 Å². The number of fused-ring (bicyclic) bond motifs is 1. The van der Waals surface area contributed by atoms with Crippen LogP contribution in [0.2, 0.25) is 0 Å². The Morgan fingerprint density at radius 2 is 2.13 bits per heavy atom. The van der Waals surface area contributed by atoms with Crippen molar-refractivity contribution in [3.8, 4) is 0 Å². The molecule has 0 saturated carbocycles. The summed E-state index contributed by atoms with van der Waals surface area (Å²) in [5, 5.41) is 0.942. The van der Waals surface area contributed by atoms with E-state index < -0.39 is 5.97 Å². The average molecular weight is 202 g/mol. The quantitative estimate of drug-likeness (QED) is 0.555. The molecule has 76 valence electrons. The van der Waals surface area contributed by atoms with E-state index in [1.165, 1.54) is 7.11 Å². The monoisotopic (exact) mass is 202 g/mol. The van der Waals surface area contributed by atoms with Crippen molar-refractivity contribution in [1.29, 1.82) is 0 Å². The molecular formula is C12H10O3. The van der Waals surface area contributed by atoms with Crippen molar-refractivity contribution < 1.29 is 13.9 Å². The number of carbonyl (C=O) groups is 1. The Hall–Kier alpha value is -2.03. The number of para-hydroxylation sites is 1. The smallest absolute Gasteiger partial charge is 0.341 e. The van der Waals surface area contributed by atoms with Gasteiger partial charge in [0.05, 0.1) is 12.7 Å². The number of esters is 1. The van der Waals surface area contributed by atoms with E-state index in [0.717, 1.165) is 11.0 Å². The molecule has 0 bridgehead atoms. The van der Waals surface area contributed by atoms with Crippen LogP contribution in [0, 0.1) is 0 Å². The van der Waals surface area contributed by atoms with E-state index in [1.54, 1.807) is 6.07 Å². The van der Waals surface area contributed by atoms with Gasteiger partial charge in [0, 0.05) is 5.39 Å². The zero-order valence-electron chi connectivity index (χ0n) is 8.32. The van der Waals surface area contributed by atoms with Gasteiger partial charge < -0.3 is 9.15 Å². The van der Waals surface area contributed by atoms with E-state index in [1.807, 2.05) is 24.3 Å². The second-order valence-electron chi connectivity index (χ2n) is 3.12. The first-order valence-electron chi connectivity index (χ1n) is 4.48. The predicted octanol–water partition coefficient (Wildman–Crippen LogP) is 2.62. The van der Waals surface area contributed by atoms with E-state index in [4.69, 9.17) is 4.42 Å². The van der Waals surface area contributed by atoms with Gasteiger partial charge in [-0.05, 0) is 12.1 Å². The van der Waals surface area contributed by atoms with Gasteiger partial charge >= 0.3 is 5.97 Å². The largest absolute Gasteiger partial charge is 0.465 e. The minimum atomic E-state index is -0.478. The van der Waals surface area contributed by atoms with Gasteiger partial charge in [0.25, 0.3) is 0 Å². The summed E-state index contributed by atoms with van der Waals surface area (Å²) in [6, 6.07) is 9.30. The highest BCUT2D eigenvalue weighted by molar-refractivity contribution is 6.15. The zero-order valence-corrected chi connectivity index (χ0v) is 8.32. The summed E-state index contributed by atoms with van der Waals surface area (Å²) in [7, 11) is 1.32. The van der Waals surface area contributed by atoms with Crippen molar-refractivity contribution >= 4 is 22.5 Å². The Kier molecular flexibility index (Phi) is 2.29. The van der Waals surface area contributed by atoms with Gasteiger partial charge in [0.1, 0.15) is 11.3 Å². The Morgan fingerprint density at radius 1 is 1.40 bits per heavy atom. The van der Waals surface area contributed by atoms with Gasteiger partial charge in [-0.25, -0.2) is 4.79 Å². The summed E-state index contributed by atoms with van der Waals surface area (Å²) >= 11 is 0. The number of carbonyl (C=O) groups excluding carboxylic acids is 1. The molecule has 15 heavy (non-hydrogen) atoms. The summed E-state index contributed by atoms with van der Waals surface area (Å²) in [4.78, 5) is 11.2. The van der Waals surface area contributed by atoms with Crippen LogP contribution in [0.4, 0.5) is 0 Å². The fourth-order valence-electron chi connectivity index (χ4n) is 1.35. The fraction of sp³-hybridized carbons (Fsp3) is 0.0833. The second kappa shape index (κ2) is 3.61. The van der Waals surface area contributed by atoms with Gasteiger partial charge in [-0.1, -0.05) is 24.8 Å². The van der Waals surface area contributed by atoms with Crippen molar-refractivity contribution in [3.05, 3.63) is 42.7 Å². The molecule has 0 spiro atoms. The summed E-state index contributed by atoms with van der Waals surface area (Å²) in [6.45, 7) is 3.62. The molecule has 0 saturated heterocycles. The highest BCUT2D eigenvalue weighted by Gasteiger charge is 2.13. The Balaban J connectivity index is 2.45. The van der Waals surface area contributed by atoms with Crippen LogP contribution in [0.15, 0.2) is 41.3 Å². The number of furan rings is 1. The molecule has 0 N–H and O–H groups in total. The molecule has 0 fully saturated rings. The normalized spacial score (nSPS) is 10.2. The fourth-order valence-corrected chi connectivity index (χ4v) is 1.35. The third kappa shape index (κ3) is 1.64. The number of hydrogen-bond donors (Lipinski definition) is 0. The second-order valence-corrected chi connectivity index (χ2v) is 3.12. The van der Waals surface area contributed by atoms with Gasteiger partial charge in [-0.3, -0.25) is 0 Å². The average Bonchev–Trinajstić information content (AvgIpc) is 2.70. The third-order valence-electron chi connectivity index (χ3n) is 2.15. The molecule has 0 aliphatic rings. The Labute approximate surface area is 87.0 Å². The van der Waals surface area contributed by atoms with Crippen LogP contribution in [0.1, 0.15) is 5.76 Å². The molecule has 3 heteroatoms. The molecule has 0 radical (unpaired) electrons. The first-order valence-corrected chi connectivity index (χ1v) is 4.48. The van der Waals surface area contributed by atoms with E-state index in [0.29, 0.717) is 5.76 Å². The lowest BCUT2D eigenvalue weighted by atomic mass is 10.2. The summed E-state index contributed by atoms with van der Waals surface area (Å²) in [6.07, 6.45) is 0. The molecule has 0 atom stereocenters. The van der Waals surface area contributed by atoms with Crippen molar-refractivity contribution in [2.75, 3.05) is 7.11 Å². The number of methoxy groups -OCH3 is 1. The van der Waals surface area contributed by atoms with Crippen molar-refractivity contribution in [2.45, 2.75) is 0 Å². The van der Waals surface area contributed by atoms with E-state index >= 15 is 0 Å². The van der Waals surface area contributed by atoms with Gasteiger partial charge in [-0.15, -0.1) is 0 Å². The van der Waals surface area contributed by atoms with Gasteiger partial charge in [-0.2, -0.15) is 0 Å². The SMILES string of the molecule is C=C(C(=O)OC)c1cc2ccccc2o1. The molecule has 0 aliphatic carbocycles. The van der Waals surface area contributed by atoms with Crippen LogP contribution in [-0.4, -0.2) is 13.1 Å². The molecule has 1 aromatic carbocycles. The highest BCUT2D eigenvalue weighted by atomic mass is 16.5. The first kappa shape index (κ1) is 9.52. The van der Waals surface area contributed by atoms with Crippen LogP contribution < -0.4 is 0 Å². The lowest BCUT2D eigenvalue weighted by Crippen LogP contribution is -2.01. The third-order valence-corrected chi connectivity index (χ3v) is 2.15. The van der Waals surface area contributed by atoms with Crippen LogP contribution in [-0.2, 0) is 9.53 Å². The van der Waals surface area contributed by atoms with Crippen LogP contribution in [0.5, 0.6) is 0 Å². The molecule has 1 heterocycles. The van der Waals surface area contributed by atoms with E-state index in [-0.39, 0.29) is 5.57 Å². The maximum Gasteiger partial charge on any atom is 0.341 e. The molecule has 2 rings (SSSR count). The lowest BCUT2D eigenvalue weighted by molar-refractivity contribution is -0.133. The molecule has 2 aromatic rings. The molecular weight excluding hydrogens is 192 g/mol. The minimum absolute atomic E-state index is 0.230. The predicted molar refractivity (Wildman–Crippen MR) is 57.3 cm³/mol. The van der Waals surface area contributed by atoms with Crippen molar-refractivity contribution in [1.82, 2.24) is 0 Å². The molecule has 0 amide bonds. The van der Waals surface area contributed by atoms with Crippen LogP contribution in [0.3, 0.4) is 0 Å². The standard InChI is InChI=1S/C12H10O3/c1-8(12(13)14-2)11-7-9-5-3-4-6-10(9)15-11/h3-7H,1H2,2H3. The summed E-state index contributed by atoms with van der Waals surface area (Å²) in [5.74, 6) is -0.0305. The number of benzene rings is 1. The molecule has 0 unspecified atom stereocenters. The first-order chi connectivity index (χ1) is 7.22. The van der Waals surface area contributed by atoms with Gasteiger partial charge in [0.2, 0.25) is 0 Å². The summed E-state index contributed by atoms with van der Waals surface area (Å²) < 4.78 is 10.0. The zero-order chi connectivity index (χ0) is 10.8. The van der Waals surface area contributed by atoms with Gasteiger partial charge in [0.15, 0.2) is 0 Å². The molecule has 3 nitrogen and oxygen atoms in total. The maximum atomic E-state index is 11.2. The Morgan fingerprint density at radius 3 is 2.80 bits per heavy atom. The molecule has 0 aliphatic heterocycles. The summed E-state index contributed by atoms with van der Waals surface area (Å²) in [5.41, 5.74) is 0.964. The maximum absolute atomic E-state index is 11.2. The van der Waals surface area contributed by atoms with E-state index in [2.05, 4.69) is 11.3 Å². The van der Waals surface area contributed by atoms with Crippen molar-refractivity contribution in [2.24, 2.45) is 0 Å². The number of rotatable bonds is 2. The highest BCUT2D eigenvalue weighted by Crippen LogP contribution is 2.23.